The van der Waals surface area contributed by atoms with Crippen LogP contribution in [-0.4, -0.2) is 35.4 Å². The molecule has 7 nitrogen and oxygen atoms in total. The number of hydroxylamine groups is 1. The number of carbonyl (C=O) groups is 1. The molecule has 3 aromatic rings. The number of fused-ring (bicyclic) bond motifs is 1. The molecule has 1 saturated heterocycles. The van der Waals surface area contributed by atoms with E-state index in [9.17, 15) is 9.18 Å². The van der Waals surface area contributed by atoms with E-state index in [2.05, 4.69) is 15.2 Å². The number of aromatic nitrogens is 1. The Hall–Kier alpha value is -2.59. The van der Waals surface area contributed by atoms with Crippen LogP contribution in [0.25, 0.3) is 10.1 Å². The van der Waals surface area contributed by atoms with E-state index in [1.54, 1.807) is 30.5 Å². The summed E-state index contributed by atoms with van der Waals surface area (Å²) in [6, 6.07) is 8.33. The van der Waals surface area contributed by atoms with Crippen molar-refractivity contribution in [2.24, 2.45) is 0 Å². The van der Waals surface area contributed by atoms with Crippen LogP contribution in [0.15, 0.2) is 36.5 Å². The smallest absolute Gasteiger partial charge is 0.276 e. The van der Waals surface area contributed by atoms with Gasteiger partial charge in [-0.2, -0.15) is 4.37 Å². The molecule has 1 amide bonds. The molecular weight excluding hydrogens is 409 g/mol. The van der Waals surface area contributed by atoms with Gasteiger partial charge in [-0.15, -0.1) is 0 Å². The summed E-state index contributed by atoms with van der Waals surface area (Å²) in [7, 11) is 0. The molecule has 9 heteroatoms. The normalized spacial score (nSPS) is 17.9. The lowest BCUT2D eigenvalue weighted by Gasteiger charge is -2.17. The minimum atomic E-state index is -0.662. The second-order valence-electron chi connectivity index (χ2n) is 7.53. The molecule has 0 radical (unpaired) electrons. The SMILES string of the molecule is Cc1ccc(Nc2c(C(=O)NOCC3COC(C)(C)O3)ccc3sncc23)c(F)c1. The number of nitrogens with zero attached hydrogens (tertiary/aromatic N) is 1. The fourth-order valence-corrected chi connectivity index (χ4v) is 3.88. The summed E-state index contributed by atoms with van der Waals surface area (Å²) in [5, 5.41) is 3.77. The van der Waals surface area contributed by atoms with E-state index in [1.807, 2.05) is 20.8 Å². The molecule has 2 aromatic carbocycles. The van der Waals surface area contributed by atoms with Crippen molar-refractivity contribution in [3.63, 3.8) is 0 Å². The number of amides is 1. The molecule has 1 aliphatic heterocycles. The lowest BCUT2D eigenvalue weighted by Crippen LogP contribution is -2.30. The molecule has 2 N–H and O–H groups in total. The van der Waals surface area contributed by atoms with Gasteiger partial charge in [-0.3, -0.25) is 9.63 Å². The molecule has 1 atom stereocenters. The maximum Gasteiger partial charge on any atom is 0.276 e. The average Bonchev–Trinajstić information content (AvgIpc) is 3.30. The lowest BCUT2D eigenvalue weighted by molar-refractivity contribution is -0.147. The van der Waals surface area contributed by atoms with Crippen LogP contribution in [0, 0.1) is 12.7 Å². The maximum absolute atomic E-state index is 14.4. The van der Waals surface area contributed by atoms with Crippen molar-refractivity contribution in [1.29, 1.82) is 0 Å². The van der Waals surface area contributed by atoms with Gasteiger partial charge in [0, 0.05) is 5.39 Å². The zero-order valence-corrected chi connectivity index (χ0v) is 17.6. The van der Waals surface area contributed by atoms with Crippen molar-refractivity contribution in [2.75, 3.05) is 18.5 Å². The summed E-state index contributed by atoms with van der Waals surface area (Å²) in [6.07, 6.45) is 1.38. The first-order chi connectivity index (χ1) is 14.3. The molecule has 30 heavy (non-hydrogen) atoms. The van der Waals surface area contributed by atoms with Gasteiger partial charge in [0.25, 0.3) is 5.91 Å². The Morgan fingerprint density at radius 3 is 2.93 bits per heavy atom. The Kier molecular flexibility index (Phi) is 5.70. The van der Waals surface area contributed by atoms with Crippen LogP contribution < -0.4 is 10.8 Å². The van der Waals surface area contributed by atoms with Gasteiger partial charge in [-0.05, 0) is 62.1 Å². The van der Waals surface area contributed by atoms with Crippen molar-refractivity contribution < 1.29 is 23.5 Å². The van der Waals surface area contributed by atoms with E-state index in [1.165, 1.54) is 17.6 Å². The summed E-state index contributed by atoms with van der Waals surface area (Å²) in [6.45, 7) is 5.98. The quantitative estimate of drug-likeness (QED) is 0.567. The summed E-state index contributed by atoms with van der Waals surface area (Å²) in [5.74, 6) is -1.53. The van der Waals surface area contributed by atoms with Gasteiger partial charge in [0.05, 0.1) is 34.4 Å². The first-order valence-corrected chi connectivity index (χ1v) is 10.2. The highest BCUT2D eigenvalue weighted by Crippen LogP contribution is 2.33. The molecule has 0 spiro atoms. The highest BCUT2D eigenvalue weighted by molar-refractivity contribution is 7.13. The predicted molar refractivity (Wildman–Crippen MR) is 112 cm³/mol. The van der Waals surface area contributed by atoms with Gasteiger partial charge in [0.15, 0.2) is 5.79 Å². The fourth-order valence-electron chi connectivity index (χ4n) is 3.22. The topological polar surface area (TPSA) is 81.7 Å². The Labute approximate surface area is 177 Å². The number of nitrogens with one attached hydrogen (secondary N) is 2. The lowest BCUT2D eigenvalue weighted by atomic mass is 10.1. The van der Waals surface area contributed by atoms with Crippen molar-refractivity contribution in [3.05, 3.63) is 53.5 Å². The van der Waals surface area contributed by atoms with Gasteiger partial charge < -0.3 is 14.8 Å². The molecule has 0 bridgehead atoms. The zero-order chi connectivity index (χ0) is 21.3. The third-order valence-electron chi connectivity index (χ3n) is 4.67. The molecule has 2 heterocycles. The van der Waals surface area contributed by atoms with Crippen molar-refractivity contribution in [1.82, 2.24) is 9.85 Å². The Morgan fingerprint density at radius 2 is 2.20 bits per heavy atom. The minimum Gasteiger partial charge on any atom is -0.352 e. The van der Waals surface area contributed by atoms with Crippen molar-refractivity contribution in [3.8, 4) is 0 Å². The number of halogens is 1. The molecule has 0 saturated carbocycles. The molecule has 1 fully saturated rings. The molecular formula is C21H22FN3O4S. The van der Waals surface area contributed by atoms with Gasteiger partial charge >= 0.3 is 0 Å². The monoisotopic (exact) mass is 431 g/mol. The summed E-state index contributed by atoms with van der Waals surface area (Å²) < 4.78 is 30.6. The van der Waals surface area contributed by atoms with Gasteiger partial charge in [-0.1, -0.05) is 6.07 Å². The first kappa shape index (κ1) is 20.7. The van der Waals surface area contributed by atoms with Crippen LogP contribution in [0.2, 0.25) is 0 Å². The molecule has 1 aromatic heterocycles. The van der Waals surface area contributed by atoms with Gasteiger partial charge in [-0.25, -0.2) is 9.87 Å². The number of carbonyl (C=O) groups excluding carboxylic acids is 1. The molecule has 158 valence electrons. The zero-order valence-electron chi connectivity index (χ0n) is 16.8. The molecule has 1 aliphatic rings. The Balaban J connectivity index is 1.53. The van der Waals surface area contributed by atoms with E-state index in [0.717, 1.165) is 15.6 Å². The number of rotatable bonds is 6. The predicted octanol–water partition coefficient (Wildman–Crippen LogP) is 4.30. The van der Waals surface area contributed by atoms with Crippen LogP contribution >= 0.6 is 11.5 Å². The van der Waals surface area contributed by atoms with E-state index in [-0.39, 0.29) is 18.4 Å². The van der Waals surface area contributed by atoms with Crippen LogP contribution in [0.1, 0.15) is 29.8 Å². The molecule has 1 unspecified atom stereocenters. The second kappa shape index (κ2) is 8.27. The third-order valence-corrected chi connectivity index (χ3v) is 5.43. The van der Waals surface area contributed by atoms with E-state index in [4.69, 9.17) is 14.3 Å². The second-order valence-corrected chi connectivity index (χ2v) is 8.36. The van der Waals surface area contributed by atoms with Crippen molar-refractivity contribution >= 4 is 38.9 Å². The van der Waals surface area contributed by atoms with E-state index < -0.39 is 17.5 Å². The maximum atomic E-state index is 14.4. The largest absolute Gasteiger partial charge is 0.352 e. The minimum absolute atomic E-state index is 0.146. The number of hydrogen-bond acceptors (Lipinski definition) is 7. The number of aryl methyl sites for hydroxylation is 1. The van der Waals surface area contributed by atoms with Crippen LogP contribution in [0.5, 0.6) is 0 Å². The summed E-state index contributed by atoms with van der Waals surface area (Å²) >= 11 is 1.30. The van der Waals surface area contributed by atoms with Gasteiger partial charge in [0.2, 0.25) is 0 Å². The van der Waals surface area contributed by atoms with Crippen LogP contribution in [0.4, 0.5) is 15.8 Å². The standard InChI is InChI=1S/C21H22FN3O4S/c1-12-4-6-17(16(22)8-12)24-19-14(5-7-18-15(19)9-23-30-18)20(26)25-28-11-13-10-27-21(2,3)29-13/h4-9,13,24H,10-11H2,1-3H3,(H,25,26). The van der Waals surface area contributed by atoms with Crippen LogP contribution in [-0.2, 0) is 14.3 Å². The average molecular weight is 431 g/mol. The highest BCUT2D eigenvalue weighted by Gasteiger charge is 2.33. The first-order valence-electron chi connectivity index (χ1n) is 9.47. The fraction of sp³-hybridized carbons (Fsp3) is 0.333. The molecule has 4 rings (SSSR count). The van der Waals surface area contributed by atoms with E-state index >= 15 is 0 Å². The van der Waals surface area contributed by atoms with Crippen LogP contribution in [0.3, 0.4) is 0 Å². The highest BCUT2D eigenvalue weighted by atomic mass is 32.1. The van der Waals surface area contributed by atoms with Crippen molar-refractivity contribution in [2.45, 2.75) is 32.7 Å². The Morgan fingerprint density at radius 1 is 1.37 bits per heavy atom. The van der Waals surface area contributed by atoms with Gasteiger partial charge in [0.1, 0.15) is 18.5 Å². The number of ether oxygens (including phenoxy) is 2. The van der Waals surface area contributed by atoms with E-state index in [0.29, 0.717) is 17.9 Å². The summed E-state index contributed by atoms with van der Waals surface area (Å²) in [4.78, 5) is 18.1. The molecule has 0 aliphatic carbocycles. The Bertz CT molecular complexity index is 1090. The number of hydrogen-bond donors (Lipinski definition) is 2. The number of anilines is 2. The third kappa shape index (κ3) is 4.44. The summed E-state index contributed by atoms with van der Waals surface area (Å²) in [5.41, 5.74) is 4.29. The number of benzene rings is 2.